The van der Waals surface area contributed by atoms with Crippen molar-refractivity contribution in [3.8, 4) is 11.6 Å². The Kier molecular flexibility index (Phi) is 6.82. The first-order valence-corrected chi connectivity index (χ1v) is 12.7. The number of carbonyl (C=O) groups is 1. The van der Waals surface area contributed by atoms with E-state index in [1.54, 1.807) is 30.0 Å². The van der Waals surface area contributed by atoms with Gasteiger partial charge in [0.1, 0.15) is 17.4 Å². The van der Waals surface area contributed by atoms with Gasteiger partial charge in [-0.15, -0.1) is 0 Å². The fourth-order valence-electron chi connectivity index (χ4n) is 4.82. The molecule has 8 nitrogen and oxygen atoms in total. The molecule has 2 aromatic carbocycles. The molecule has 0 amide bonds. The van der Waals surface area contributed by atoms with Gasteiger partial charge in [-0.05, 0) is 60.7 Å². The molecule has 0 bridgehead atoms. The number of nitrogens with zero attached hydrogens (tertiary/aromatic N) is 4. The summed E-state index contributed by atoms with van der Waals surface area (Å²) < 4.78 is 47.7. The van der Waals surface area contributed by atoms with Crippen LogP contribution >= 0.6 is 11.3 Å². The lowest BCUT2D eigenvalue weighted by Crippen LogP contribution is -2.35. The molecule has 2 aliphatic rings. The van der Waals surface area contributed by atoms with Gasteiger partial charge in [0.2, 0.25) is 5.88 Å². The van der Waals surface area contributed by atoms with Crippen molar-refractivity contribution in [3.05, 3.63) is 68.0 Å². The van der Waals surface area contributed by atoms with Gasteiger partial charge < -0.3 is 19.8 Å². The second kappa shape index (κ2) is 10.1. The number of carboxylic acid groups (broad SMARTS) is 1. The fourth-order valence-corrected chi connectivity index (χ4v) is 5.80. The molecule has 1 saturated heterocycles. The Morgan fingerprint density at radius 2 is 2.11 bits per heavy atom. The Labute approximate surface area is 219 Å². The number of hydrogen-bond acceptors (Lipinski definition) is 8. The molecule has 1 aromatic heterocycles. The van der Waals surface area contributed by atoms with Crippen LogP contribution in [0.2, 0.25) is 0 Å². The van der Waals surface area contributed by atoms with Crippen molar-refractivity contribution in [2.24, 2.45) is 10.2 Å². The number of hydrogen-bond donors (Lipinski definition) is 2. The number of anilines is 1. The normalized spacial score (nSPS) is 17.1. The van der Waals surface area contributed by atoms with E-state index in [0.717, 1.165) is 11.3 Å². The lowest BCUT2D eigenvalue weighted by Gasteiger charge is -2.19. The van der Waals surface area contributed by atoms with Crippen LogP contribution in [0.15, 0.2) is 40.5 Å². The summed E-state index contributed by atoms with van der Waals surface area (Å²) >= 11 is 1.13. The number of aromatic hydroxyl groups is 1. The summed E-state index contributed by atoms with van der Waals surface area (Å²) in [5.41, 5.74) is 0.324. The van der Waals surface area contributed by atoms with Crippen molar-refractivity contribution < 1.29 is 32.9 Å². The number of carboxylic acids is 1. The smallest absolute Gasteiger partial charge is 0.420 e. The van der Waals surface area contributed by atoms with Crippen molar-refractivity contribution in [2.75, 3.05) is 18.1 Å². The van der Waals surface area contributed by atoms with Crippen LogP contribution in [-0.2, 0) is 17.4 Å². The van der Waals surface area contributed by atoms with Crippen LogP contribution in [-0.4, -0.2) is 46.6 Å². The molecule has 38 heavy (non-hydrogen) atoms. The highest BCUT2D eigenvalue weighted by Crippen LogP contribution is 2.40. The van der Waals surface area contributed by atoms with Crippen molar-refractivity contribution >= 4 is 34.7 Å². The molecule has 5 rings (SSSR count). The number of alkyl halides is 3. The van der Waals surface area contributed by atoms with Gasteiger partial charge >= 0.3 is 12.1 Å². The molecule has 0 radical (unpaired) electrons. The Morgan fingerprint density at radius 1 is 1.29 bits per heavy atom. The first-order valence-electron chi connectivity index (χ1n) is 11.9. The van der Waals surface area contributed by atoms with Gasteiger partial charge in [0, 0.05) is 12.1 Å². The molecule has 2 aliphatic heterocycles. The molecular formula is C26H23F3N4O4S. The molecule has 1 atom stereocenters. The Morgan fingerprint density at radius 3 is 2.84 bits per heavy atom. The van der Waals surface area contributed by atoms with Crippen LogP contribution in [0.1, 0.15) is 46.9 Å². The van der Waals surface area contributed by atoms with Gasteiger partial charge in [0.15, 0.2) is 5.13 Å². The first-order chi connectivity index (χ1) is 18.2. The van der Waals surface area contributed by atoms with Gasteiger partial charge in [-0.1, -0.05) is 29.5 Å². The Balaban J connectivity index is 1.62. The summed E-state index contributed by atoms with van der Waals surface area (Å²) in [6.45, 7) is 2.21. The number of thiazole rings is 1. The highest BCUT2D eigenvalue weighted by atomic mass is 32.1. The third kappa shape index (κ3) is 4.83. The zero-order valence-electron chi connectivity index (χ0n) is 20.2. The van der Waals surface area contributed by atoms with Crippen LogP contribution < -0.4 is 20.2 Å². The number of aromatic nitrogens is 1. The molecule has 198 valence electrons. The van der Waals surface area contributed by atoms with Crippen molar-refractivity contribution in [1.82, 2.24) is 4.98 Å². The lowest BCUT2D eigenvalue weighted by atomic mass is 9.93. The van der Waals surface area contributed by atoms with Crippen LogP contribution in [0.5, 0.6) is 11.6 Å². The molecular weight excluding hydrogens is 521 g/mol. The second-order valence-corrected chi connectivity index (χ2v) is 9.84. The second-order valence-electron chi connectivity index (χ2n) is 8.83. The number of rotatable bonds is 7. The van der Waals surface area contributed by atoms with Crippen molar-refractivity contribution in [2.45, 2.75) is 38.4 Å². The lowest BCUT2D eigenvalue weighted by molar-refractivity contribution is -0.140. The van der Waals surface area contributed by atoms with E-state index in [1.165, 1.54) is 24.4 Å². The van der Waals surface area contributed by atoms with Crippen LogP contribution in [0, 0.1) is 0 Å². The number of fused-ring (bicyclic) bond motifs is 1. The van der Waals surface area contributed by atoms with E-state index in [0.29, 0.717) is 51.1 Å². The molecule has 12 heteroatoms. The number of aliphatic carboxylic acids is 1. The van der Waals surface area contributed by atoms with E-state index in [1.807, 2.05) is 0 Å². The zero-order chi connectivity index (χ0) is 27.0. The molecule has 0 aliphatic carbocycles. The predicted molar refractivity (Wildman–Crippen MR) is 136 cm³/mol. The summed E-state index contributed by atoms with van der Waals surface area (Å²) in [4.78, 5) is 17.8. The molecule has 0 saturated carbocycles. The molecule has 3 heterocycles. The molecule has 2 N–H and O–H groups in total. The van der Waals surface area contributed by atoms with Gasteiger partial charge in [-0.2, -0.15) is 28.4 Å². The maximum absolute atomic E-state index is 14.1. The van der Waals surface area contributed by atoms with Gasteiger partial charge in [0.25, 0.3) is 0 Å². The topological polar surface area (TPSA) is 108 Å². The zero-order valence-corrected chi connectivity index (χ0v) is 21.0. The Hall–Kier alpha value is -3.93. The molecule has 0 unspecified atom stereocenters. The van der Waals surface area contributed by atoms with Crippen LogP contribution in [0.4, 0.5) is 18.3 Å². The highest BCUT2D eigenvalue weighted by molar-refractivity contribution is 7.16. The van der Waals surface area contributed by atoms with Crippen molar-refractivity contribution in [1.29, 1.82) is 0 Å². The number of benzene rings is 2. The van der Waals surface area contributed by atoms with E-state index in [9.17, 15) is 28.2 Å². The molecule has 3 aromatic rings. The van der Waals surface area contributed by atoms with Gasteiger partial charge in [-0.25, -0.2) is 4.79 Å². The standard InChI is InChI=1S/C26H23F3N4O4S/c1-2-37-20-7-3-5-15(22(20)26(27,28)29)11-16-14(8-9-18-17(16)13-30-32-18)12-21-23(34)31-25(38-21)33-10-4-6-19(33)24(35)36/h3,5,7-9,12-13,19,34H,2,4,6,10-11H2,1H3,(H,35,36)/t19-/m1/s1. The average molecular weight is 545 g/mol. The van der Waals surface area contributed by atoms with Gasteiger partial charge in [0.05, 0.1) is 23.1 Å². The molecule has 0 spiro atoms. The van der Waals surface area contributed by atoms with E-state index < -0.39 is 23.8 Å². The van der Waals surface area contributed by atoms with Crippen LogP contribution in [0.25, 0.3) is 6.08 Å². The minimum absolute atomic E-state index is 0.0300. The maximum Gasteiger partial charge on any atom is 0.420 e. The fraction of sp³-hybridized carbons (Fsp3) is 0.308. The maximum atomic E-state index is 14.1. The van der Waals surface area contributed by atoms with E-state index in [2.05, 4.69) is 15.2 Å². The van der Waals surface area contributed by atoms with Crippen molar-refractivity contribution in [3.63, 3.8) is 0 Å². The summed E-state index contributed by atoms with van der Waals surface area (Å²) in [6, 6.07) is 6.94. The quantitative estimate of drug-likeness (QED) is 0.470. The monoisotopic (exact) mass is 544 g/mol. The number of halogens is 3. The van der Waals surface area contributed by atoms with E-state index in [-0.39, 0.29) is 30.2 Å². The third-order valence-electron chi connectivity index (χ3n) is 6.48. The SMILES string of the molecule is CCOc1cccc(Cc2c3c(ccc2=Cc2sc(N4CCC[C@@H]4C(=O)O)nc2O)=NN=C3)c1C(F)(F)F. The van der Waals surface area contributed by atoms with Crippen LogP contribution in [0.3, 0.4) is 0 Å². The van der Waals surface area contributed by atoms with Gasteiger partial charge in [-0.3, -0.25) is 0 Å². The summed E-state index contributed by atoms with van der Waals surface area (Å²) in [5, 5.41) is 29.5. The first kappa shape index (κ1) is 25.7. The average Bonchev–Trinajstić information content (AvgIpc) is 3.60. The predicted octanol–water partition coefficient (Wildman–Crippen LogP) is 3.71. The molecule has 1 fully saturated rings. The third-order valence-corrected chi connectivity index (χ3v) is 7.51. The van der Waals surface area contributed by atoms with E-state index >= 15 is 0 Å². The number of ether oxygens (including phenoxy) is 1. The summed E-state index contributed by atoms with van der Waals surface area (Å²) in [6.07, 6.45) is -0.412. The largest absolute Gasteiger partial charge is 0.493 e. The Bertz CT molecular complexity index is 1550. The minimum Gasteiger partial charge on any atom is -0.493 e. The minimum atomic E-state index is -4.64. The van der Waals surface area contributed by atoms with E-state index in [4.69, 9.17) is 4.74 Å². The highest BCUT2D eigenvalue weighted by Gasteiger charge is 2.37. The summed E-state index contributed by atoms with van der Waals surface area (Å²) in [5.74, 6) is -1.47. The summed E-state index contributed by atoms with van der Waals surface area (Å²) in [7, 11) is 0.